The maximum absolute atomic E-state index is 6.07. The van der Waals surface area contributed by atoms with Gasteiger partial charge >= 0.3 is 0 Å². The molecule has 2 aromatic heterocycles. The lowest BCUT2D eigenvalue weighted by atomic mass is 10.1. The predicted octanol–water partition coefficient (Wildman–Crippen LogP) is 9.06. The Morgan fingerprint density at radius 2 is 1.02 bits per heavy atom. The number of hydrogen-bond acceptors (Lipinski definition) is 2. The van der Waals surface area contributed by atoms with Crippen molar-refractivity contribution in [2.45, 2.75) is 6.61 Å². The summed E-state index contributed by atoms with van der Waals surface area (Å²) >= 11 is 0. The van der Waals surface area contributed by atoms with E-state index in [4.69, 9.17) is 9.72 Å². The first-order valence-electron chi connectivity index (χ1n) is 18.8. The Hall–Kier alpha value is -6.95. The molecule has 0 N–H and O–H groups in total. The highest BCUT2D eigenvalue weighted by Crippen LogP contribution is 2.35. The summed E-state index contributed by atoms with van der Waals surface area (Å²) in [6, 6.07) is 73.4. The number of imidazole rings is 1. The van der Waals surface area contributed by atoms with Crippen molar-refractivity contribution in [1.29, 1.82) is 0 Å². The molecule has 1 aliphatic heterocycles. The molecule has 8 aromatic carbocycles. The minimum atomic E-state index is -2.90. The van der Waals surface area contributed by atoms with Crippen LogP contribution in [-0.2, 0) is 6.61 Å². The van der Waals surface area contributed by atoms with Crippen molar-refractivity contribution >= 4 is 61.7 Å². The van der Waals surface area contributed by atoms with E-state index in [-0.39, 0.29) is 0 Å². The van der Waals surface area contributed by atoms with Crippen LogP contribution in [0.3, 0.4) is 0 Å². The quantitative estimate of drug-likeness (QED) is 0.127. The lowest BCUT2D eigenvalue weighted by Crippen LogP contribution is -2.74. The van der Waals surface area contributed by atoms with Crippen LogP contribution in [0.1, 0.15) is 5.82 Å². The molecule has 260 valence electrons. The van der Waals surface area contributed by atoms with Crippen LogP contribution in [0.2, 0.25) is 0 Å². The smallest absolute Gasteiger partial charge is 0.179 e. The summed E-state index contributed by atoms with van der Waals surface area (Å²) in [6.45, 7) is 0.451. The highest BCUT2D eigenvalue weighted by atomic mass is 28.3. The van der Waals surface area contributed by atoms with Gasteiger partial charge < -0.3 is 9.30 Å². The standard InChI is InChI=1S/C50H35N3OSi/c1-3-17-38(18-4-1)55(39-19-5-2-6-20-39,41-22-14-16-37(33-41)52-45-25-9-7-23-42(45)43-24-8-10-26-46(43)52)40-21-13-15-35(31-40)36-29-30-44-48(32-36)53-47-27-11-12-28-49(47)54-34-50(53)51-44/h1-33H,34H2. The summed E-state index contributed by atoms with van der Waals surface area (Å²) in [5.74, 6) is 1.80. The summed E-state index contributed by atoms with van der Waals surface area (Å²) in [6.07, 6.45) is 0. The molecule has 0 radical (unpaired) electrons. The molecule has 3 heterocycles. The van der Waals surface area contributed by atoms with Crippen molar-refractivity contribution in [1.82, 2.24) is 14.1 Å². The summed E-state index contributed by atoms with van der Waals surface area (Å²) in [7, 11) is -2.90. The number of fused-ring (bicyclic) bond motifs is 8. The van der Waals surface area contributed by atoms with Crippen molar-refractivity contribution < 1.29 is 4.74 Å². The van der Waals surface area contributed by atoms with Gasteiger partial charge in [-0.1, -0.05) is 152 Å². The Bertz CT molecular complexity index is 2960. The van der Waals surface area contributed by atoms with Crippen LogP contribution in [0.25, 0.3) is 55.3 Å². The molecule has 0 aliphatic carbocycles. The third-order valence-corrected chi connectivity index (χ3v) is 16.1. The van der Waals surface area contributed by atoms with Crippen LogP contribution in [0.5, 0.6) is 5.75 Å². The number of rotatable bonds is 6. The maximum Gasteiger partial charge on any atom is 0.179 e. The van der Waals surface area contributed by atoms with Gasteiger partial charge in [-0.3, -0.25) is 4.57 Å². The fourth-order valence-corrected chi connectivity index (χ4v) is 13.8. The van der Waals surface area contributed by atoms with E-state index in [0.29, 0.717) is 6.61 Å². The zero-order valence-electron chi connectivity index (χ0n) is 30.0. The van der Waals surface area contributed by atoms with Crippen molar-refractivity contribution in [2.75, 3.05) is 0 Å². The Morgan fingerprint density at radius 3 is 1.75 bits per heavy atom. The fraction of sp³-hybridized carbons (Fsp3) is 0.0200. The zero-order chi connectivity index (χ0) is 36.3. The zero-order valence-corrected chi connectivity index (χ0v) is 31.0. The predicted molar refractivity (Wildman–Crippen MR) is 229 cm³/mol. The number of para-hydroxylation sites is 4. The Balaban J connectivity index is 1.15. The second kappa shape index (κ2) is 12.6. The van der Waals surface area contributed by atoms with E-state index in [2.05, 4.69) is 197 Å². The molecule has 0 saturated heterocycles. The van der Waals surface area contributed by atoms with E-state index in [1.54, 1.807) is 0 Å². The molecular weight excluding hydrogens is 687 g/mol. The van der Waals surface area contributed by atoms with E-state index in [9.17, 15) is 0 Å². The van der Waals surface area contributed by atoms with E-state index in [0.717, 1.165) is 39.5 Å². The average Bonchev–Trinajstić information content (AvgIpc) is 3.81. The lowest BCUT2D eigenvalue weighted by molar-refractivity contribution is 0.280. The van der Waals surface area contributed by atoms with Crippen LogP contribution in [-0.4, -0.2) is 22.2 Å². The van der Waals surface area contributed by atoms with Crippen LogP contribution in [0, 0.1) is 0 Å². The van der Waals surface area contributed by atoms with Gasteiger partial charge in [0.2, 0.25) is 0 Å². The molecule has 0 amide bonds. The average molecular weight is 722 g/mol. The topological polar surface area (TPSA) is 32.0 Å². The monoisotopic (exact) mass is 721 g/mol. The van der Waals surface area contributed by atoms with Gasteiger partial charge in [0.25, 0.3) is 0 Å². The van der Waals surface area contributed by atoms with Crippen molar-refractivity contribution in [2.24, 2.45) is 0 Å². The molecule has 5 heteroatoms. The fourth-order valence-electron chi connectivity index (χ4n) is 8.96. The van der Waals surface area contributed by atoms with Gasteiger partial charge in [-0.05, 0) is 80.4 Å². The van der Waals surface area contributed by atoms with Gasteiger partial charge in [-0.15, -0.1) is 0 Å². The summed E-state index contributed by atoms with van der Waals surface area (Å²) < 4.78 is 10.8. The second-order valence-corrected chi connectivity index (χ2v) is 18.1. The largest absolute Gasteiger partial charge is 0.483 e. The van der Waals surface area contributed by atoms with E-state index in [1.807, 2.05) is 12.1 Å². The minimum absolute atomic E-state index is 0.451. The van der Waals surface area contributed by atoms with Gasteiger partial charge in [-0.2, -0.15) is 0 Å². The van der Waals surface area contributed by atoms with Gasteiger partial charge in [0.1, 0.15) is 12.4 Å². The molecule has 55 heavy (non-hydrogen) atoms. The van der Waals surface area contributed by atoms with Crippen molar-refractivity contribution in [3.63, 3.8) is 0 Å². The van der Waals surface area contributed by atoms with Gasteiger partial charge in [0.15, 0.2) is 13.9 Å². The molecule has 4 nitrogen and oxygen atoms in total. The first kappa shape index (κ1) is 31.6. The van der Waals surface area contributed by atoms with E-state index in [1.165, 1.54) is 48.1 Å². The Morgan fingerprint density at radius 1 is 0.436 bits per heavy atom. The summed E-state index contributed by atoms with van der Waals surface area (Å²) in [4.78, 5) is 4.97. The minimum Gasteiger partial charge on any atom is -0.483 e. The Labute approximate surface area is 320 Å². The number of ether oxygens (including phenoxy) is 1. The molecule has 1 aliphatic rings. The maximum atomic E-state index is 6.07. The first-order valence-corrected chi connectivity index (χ1v) is 20.8. The molecule has 10 aromatic rings. The molecule has 11 rings (SSSR count). The third-order valence-electron chi connectivity index (χ3n) is 11.3. The summed E-state index contributed by atoms with van der Waals surface area (Å²) in [5, 5.41) is 7.87. The van der Waals surface area contributed by atoms with Crippen molar-refractivity contribution in [3.8, 4) is 28.3 Å². The Kier molecular flexibility index (Phi) is 7.22. The molecule has 0 fully saturated rings. The number of aromatic nitrogens is 3. The van der Waals surface area contributed by atoms with Gasteiger partial charge in [0.05, 0.1) is 27.8 Å². The van der Waals surface area contributed by atoms with E-state index >= 15 is 0 Å². The number of nitrogens with zero attached hydrogens (tertiary/aromatic N) is 3. The van der Waals surface area contributed by atoms with Crippen LogP contribution in [0.4, 0.5) is 0 Å². The third kappa shape index (κ3) is 4.87. The first-order chi connectivity index (χ1) is 27.3. The molecule has 0 atom stereocenters. The van der Waals surface area contributed by atoms with E-state index < -0.39 is 8.07 Å². The molecule has 0 unspecified atom stereocenters. The summed E-state index contributed by atoms with van der Waals surface area (Å²) in [5.41, 5.74) is 9.00. The molecule has 0 spiro atoms. The van der Waals surface area contributed by atoms with Crippen molar-refractivity contribution in [3.05, 3.63) is 206 Å². The molecule has 0 bridgehead atoms. The lowest BCUT2D eigenvalue weighted by Gasteiger charge is -2.35. The number of hydrogen-bond donors (Lipinski definition) is 0. The number of benzene rings is 8. The highest BCUT2D eigenvalue weighted by molar-refractivity contribution is 7.20. The van der Waals surface area contributed by atoms with Crippen LogP contribution in [0.15, 0.2) is 200 Å². The van der Waals surface area contributed by atoms with Crippen LogP contribution >= 0.6 is 0 Å². The molecular formula is C50H35N3OSi. The second-order valence-electron chi connectivity index (χ2n) is 14.3. The SMILES string of the molecule is c1ccc([Si](c2ccccc2)(c2cccc(-c3ccc4nc5n(c4c3)-c3ccccc3OC5)c2)c2cccc(-n3c4ccccc4c4ccccc43)c2)cc1. The normalized spacial score (nSPS) is 12.4. The molecule has 0 saturated carbocycles. The van der Waals surface area contributed by atoms with Crippen LogP contribution < -0.4 is 25.5 Å². The van der Waals surface area contributed by atoms with Gasteiger partial charge in [-0.25, -0.2) is 4.98 Å². The van der Waals surface area contributed by atoms with Gasteiger partial charge in [0, 0.05) is 16.5 Å². The highest BCUT2D eigenvalue weighted by Gasteiger charge is 2.42.